The quantitative estimate of drug-likeness (QED) is 0.463. The van der Waals surface area contributed by atoms with E-state index in [4.69, 9.17) is 9.47 Å². The molecule has 2 aliphatic rings. The Balaban J connectivity index is 1.52. The zero-order chi connectivity index (χ0) is 24.7. The molecule has 3 heterocycles. The van der Waals surface area contributed by atoms with Gasteiger partial charge in [0.2, 0.25) is 11.8 Å². The van der Waals surface area contributed by atoms with E-state index in [1.807, 2.05) is 30.3 Å². The van der Waals surface area contributed by atoms with Crippen molar-refractivity contribution in [3.05, 3.63) is 74.2 Å². The summed E-state index contributed by atoms with van der Waals surface area (Å²) in [7, 11) is 1.51. The molecule has 9 nitrogen and oxygen atoms in total. The fraction of sp³-hybridized carbons (Fsp3) is 0.250. The van der Waals surface area contributed by atoms with Crippen LogP contribution in [0.15, 0.2) is 58.4 Å². The molecule has 11 heteroatoms. The van der Waals surface area contributed by atoms with Crippen LogP contribution >= 0.6 is 23.1 Å². The number of carbonyl (C=O) groups excluding carboxylic acids is 2. The number of ether oxygens (including phenoxy) is 2. The van der Waals surface area contributed by atoms with Crippen LogP contribution < -0.4 is 14.3 Å². The van der Waals surface area contributed by atoms with Crippen molar-refractivity contribution in [2.24, 2.45) is 5.92 Å². The van der Waals surface area contributed by atoms with Crippen molar-refractivity contribution in [1.29, 1.82) is 0 Å². The monoisotopic (exact) mass is 512 g/mol. The number of aliphatic carboxylic acids is 1. The van der Waals surface area contributed by atoms with E-state index in [-0.39, 0.29) is 4.87 Å². The van der Waals surface area contributed by atoms with Gasteiger partial charge in [-0.25, -0.2) is 0 Å². The maximum Gasteiger partial charge on any atom is 0.323 e. The third kappa shape index (κ3) is 4.21. The van der Waals surface area contributed by atoms with Crippen molar-refractivity contribution < 1.29 is 29.0 Å². The second-order valence-corrected chi connectivity index (χ2v) is 10.3. The molecule has 35 heavy (non-hydrogen) atoms. The summed E-state index contributed by atoms with van der Waals surface area (Å²) in [5.74, 6) is -2.90. The highest BCUT2D eigenvalue weighted by atomic mass is 32.2. The van der Waals surface area contributed by atoms with E-state index in [1.54, 1.807) is 18.2 Å². The van der Waals surface area contributed by atoms with Crippen LogP contribution in [0.25, 0.3) is 0 Å². The lowest BCUT2D eigenvalue weighted by molar-refractivity contribution is -0.149. The average molecular weight is 513 g/mol. The Morgan fingerprint density at radius 1 is 1.09 bits per heavy atom. The molecule has 0 aliphatic carbocycles. The summed E-state index contributed by atoms with van der Waals surface area (Å²) >= 11 is 2.09. The van der Waals surface area contributed by atoms with E-state index < -0.39 is 41.4 Å². The summed E-state index contributed by atoms with van der Waals surface area (Å²) in [6, 6.07) is 14.9. The molecule has 0 radical (unpaired) electrons. The fourth-order valence-electron chi connectivity index (χ4n) is 4.46. The van der Waals surface area contributed by atoms with Gasteiger partial charge in [0.05, 0.1) is 18.1 Å². The number of amides is 2. The normalized spacial score (nSPS) is 20.9. The molecular weight excluding hydrogens is 492 g/mol. The number of thioether (sulfide) groups is 1. The molecule has 1 fully saturated rings. The number of carboxylic acids is 1. The molecule has 2 aliphatic heterocycles. The van der Waals surface area contributed by atoms with Crippen molar-refractivity contribution in [2.75, 3.05) is 13.7 Å². The molecule has 2 aromatic carbocycles. The number of methoxy groups -OCH3 is 1. The highest BCUT2D eigenvalue weighted by Crippen LogP contribution is 2.53. The number of hydrogen-bond acceptors (Lipinski definition) is 8. The smallest absolute Gasteiger partial charge is 0.323 e. The van der Waals surface area contributed by atoms with Gasteiger partial charge in [0.15, 0.2) is 11.5 Å². The summed E-state index contributed by atoms with van der Waals surface area (Å²) in [4.78, 5) is 53.6. The highest BCUT2D eigenvalue weighted by Gasteiger charge is 2.56. The molecule has 1 aromatic heterocycles. The van der Waals surface area contributed by atoms with Crippen LogP contribution in [0.5, 0.6) is 11.5 Å². The minimum absolute atomic E-state index is 0.287. The molecule has 2 unspecified atom stereocenters. The van der Waals surface area contributed by atoms with Crippen molar-refractivity contribution >= 4 is 40.9 Å². The van der Waals surface area contributed by atoms with Crippen LogP contribution in [0.3, 0.4) is 0 Å². The van der Waals surface area contributed by atoms with Crippen molar-refractivity contribution in [1.82, 2.24) is 9.88 Å². The van der Waals surface area contributed by atoms with E-state index >= 15 is 0 Å². The zero-order valence-electron chi connectivity index (χ0n) is 18.4. The summed E-state index contributed by atoms with van der Waals surface area (Å²) in [5.41, 5.74) is 1.65. The number of H-pyrrole nitrogens is 1. The van der Waals surface area contributed by atoms with Crippen LogP contribution in [-0.2, 0) is 21.0 Å². The van der Waals surface area contributed by atoms with Crippen molar-refractivity contribution in [2.45, 2.75) is 22.8 Å². The Morgan fingerprint density at radius 3 is 2.57 bits per heavy atom. The van der Waals surface area contributed by atoms with Crippen LogP contribution in [-0.4, -0.2) is 51.7 Å². The Kier molecular flexibility index (Phi) is 6.12. The number of carbonyl (C=O) groups is 3. The van der Waals surface area contributed by atoms with Gasteiger partial charge < -0.3 is 19.6 Å². The third-order valence-corrected chi connectivity index (χ3v) is 8.39. The number of rotatable bonds is 7. The van der Waals surface area contributed by atoms with Crippen LogP contribution in [0, 0.1) is 5.92 Å². The standard InChI is InChI=1S/C24H20N2O7S2/c1-32-15-9-13(7-8-14(15)33-11-12-5-3-2-4-6-12)17-18-20(34-21-19(17)35-24(31)25-21)23(30)26(22(18)29)10-16(27)28/h2-9,17-18,20H,10-11H2,1H3,(H,25,31)(H,27,28)/t17-,18?,20?/m1/s1. The number of likely N-dealkylation sites (tertiary alicyclic amines) is 1. The average Bonchev–Trinajstić information content (AvgIpc) is 3.33. The molecule has 5 rings (SSSR count). The first kappa shape index (κ1) is 23.2. The molecule has 2 N–H and O–H groups in total. The van der Waals surface area contributed by atoms with Gasteiger partial charge in [0.1, 0.15) is 18.4 Å². The SMILES string of the molecule is COc1cc([C@H]2c3sc(=O)[nH]c3SC3C(=O)N(CC(=O)O)C(=O)C32)ccc1OCc1ccccc1. The van der Waals surface area contributed by atoms with E-state index in [1.165, 1.54) is 7.11 Å². The van der Waals surface area contributed by atoms with Crippen molar-refractivity contribution in [3.63, 3.8) is 0 Å². The van der Waals surface area contributed by atoms with Gasteiger partial charge in [0.25, 0.3) is 0 Å². The topological polar surface area (TPSA) is 126 Å². The molecule has 0 bridgehead atoms. The van der Waals surface area contributed by atoms with Crippen LogP contribution in [0.2, 0.25) is 0 Å². The first-order valence-corrected chi connectivity index (χ1v) is 12.4. The largest absolute Gasteiger partial charge is 0.493 e. The Hall–Kier alpha value is -3.57. The first-order valence-electron chi connectivity index (χ1n) is 10.7. The van der Waals surface area contributed by atoms with Gasteiger partial charge >= 0.3 is 10.8 Å². The molecule has 0 spiro atoms. The molecule has 0 saturated carbocycles. The maximum absolute atomic E-state index is 13.3. The van der Waals surface area contributed by atoms with Gasteiger partial charge in [0, 0.05) is 10.8 Å². The van der Waals surface area contributed by atoms with E-state index in [0.29, 0.717) is 33.6 Å². The fourth-order valence-corrected chi connectivity index (χ4v) is 6.99. The van der Waals surface area contributed by atoms with Gasteiger partial charge in [-0.1, -0.05) is 59.5 Å². The van der Waals surface area contributed by atoms with E-state index in [9.17, 15) is 24.3 Å². The van der Waals surface area contributed by atoms with Gasteiger partial charge in [-0.05, 0) is 23.3 Å². The van der Waals surface area contributed by atoms with Crippen LogP contribution in [0.4, 0.5) is 0 Å². The predicted octanol–water partition coefficient (Wildman–Crippen LogP) is 2.70. The number of imide groups is 1. The second kappa shape index (κ2) is 9.23. The number of nitrogens with zero attached hydrogens (tertiary/aromatic N) is 1. The Bertz CT molecular complexity index is 1370. The van der Waals surface area contributed by atoms with Gasteiger partial charge in [-0.15, -0.1) is 0 Å². The minimum Gasteiger partial charge on any atom is -0.493 e. The number of thiazole rings is 1. The zero-order valence-corrected chi connectivity index (χ0v) is 20.1. The van der Waals surface area contributed by atoms with Crippen LogP contribution in [0.1, 0.15) is 21.9 Å². The number of benzene rings is 2. The number of nitrogens with one attached hydrogen (secondary N) is 1. The summed E-state index contributed by atoms with van der Waals surface area (Å²) in [6.07, 6.45) is 0. The van der Waals surface area contributed by atoms with Gasteiger partial charge in [-0.3, -0.25) is 24.1 Å². The molecule has 3 aromatic rings. The summed E-state index contributed by atoms with van der Waals surface area (Å²) < 4.78 is 11.5. The lowest BCUT2D eigenvalue weighted by Gasteiger charge is -2.30. The molecule has 1 saturated heterocycles. The maximum atomic E-state index is 13.3. The molecule has 2 amide bonds. The number of aromatic nitrogens is 1. The first-order chi connectivity index (χ1) is 16.9. The van der Waals surface area contributed by atoms with E-state index in [2.05, 4.69) is 4.98 Å². The lowest BCUT2D eigenvalue weighted by Crippen LogP contribution is -2.36. The number of fused-ring (bicyclic) bond motifs is 2. The Labute approximate surface area is 207 Å². The van der Waals surface area contributed by atoms with Crippen molar-refractivity contribution in [3.8, 4) is 11.5 Å². The third-order valence-electron chi connectivity index (χ3n) is 5.99. The molecule has 3 atom stereocenters. The lowest BCUT2D eigenvalue weighted by atomic mass is 9.83. The highest BCUT2D eigenvalue weighted by molar-refractivity contribution is 8.00. The van der Waals surface area contributed by atoms with Gasteiger partial charge in [-0.2, -0.15) is 0 Å². The summed E-state index contributed by atoms with van der Waals surface area (Å²) in [6.45, 7) is -0.361. The summed E-state index contributed by atoms with van der Waals surface area (Å²) in [5, 5.41) is 8.89. The number of carboxylic acid groups (broad SMARTS) is 1. The minimum atomic E-state index is -1.27. The Morgan fingerprint density at radius 2 is 1.86 bits per heavy atom. The predicted molar refractivity (Wildman–Crippen MR) is 128 cm³/mol. The van der Waals surface area contributed by atoms with E-state index in [0.717, 1.165) is 33.6 Å². The molecular formula is C24H20N2O7S2. The number of aromatic amines is 1. The number of hydrogen-bond donors (Lipinski definition) is 2. The second-order valence-electron chi connectivity index (χ2n) is 8.09. The molecule has 180 valence electrons.